The van der Waals surface area contributed by atoms with Crippen LogP contribution >= 0.6 is 0 Å². The molecule has 0 heterocycles. The highest BCUT2D eigenvalue weighted by Gasteiger charge is 2.82. The molecule has 134 valence electrons. The van der Waals surface area contributed by atoms with E-state index in [1.807, 2.05) is 0 Å². The van der Waals surface area contributed by atoms with Gasteiger partial charge in [0.05, 0.1) is 0 Å². The Hall–Kier alpha value is -1.03. The second-order valence-corrected chi connectivity index (χ2v) is 2.14. The lowest BCUT2D eigenvalue weighted by molar-refractivity contribution is -0.419. The molecule has 0 aliphatic carbocycles. The van der Waals surface area contributed by atoms with Gasteiger partial charge < -0.3 is 18.5 Å². The van der Waals surface area contributed by atoms with E-state index in [9.17, 15) is 43.9 Å². The van der Waals surface area contributed by atoms with Crippen molar-refractivity contribution >= 4 is 0 Å². The minimum Gasteiger partial charge on any atom is -0.344 e. The summed E-state index contributed by atoms with van der Waals surface area (Å²) in [6, 6.07) is 0. The van der Waals surface area contributed by atoms with Crippen LogP contribution in [0.1, 0.15) is 0 Å². The van der Waals surface area contributed by atoms with Crippen LogP contribution in [0.15, 0.2) is 0 Å². The van der Waals surface area contributed by atoms with Crippen molar-refractivity contribution in [1.82, 2.24) is 18.5 Å². The summed E-state index contributed by atoms with van der Waals surface area (Å²) < 4.78 is 113. The van der Waals surface area contributed by atoms with Gasteiger partial charge in [-0.25, -0.2) is 0 Å². The first-order valence-electron chi connectivity index (χ1n) is 2.64. The molecule has 9 N–H and O–H groups in total. The lowest BCUT2D eigenvalue weighted by atomic mass is 10.1. The SMILES string of the molecule is F.F.F.FC(F)(F)C(F)(F)C(F)(F)C(F)(F)F.N.N.N. The number of rotatable bonds is 1. The molecule has 0 radical (unpaired) electrons. The fraction of sp³-hybridized carbons (Fsp3) is 1.00. The minimum atomic E-state index is -7.14. The highest BCUT2D eigenvalue weighted by Crippen LogP contribution is 2.53. The van der Waals surface area contributed by atoms with Crippen molar-refractivity contribution < 1.29 is 58.0 Å². The normalized spacial score (nSPS) is 11.1. The van der Waals surface area contributed by atoms with Crippen LogP contribution in [0.3, 0.4) is 0 Å². The van der Waals surface area contributed by atoms with E-state index in [1.54, 1.807) is 0 Å². The van der Waals surface area contributed by atoms with Crippen LogP contribution in [0.25, 0.3) is 0 Å². The minimum absolute atomic E-state index is 0. The first-order valence-corrected chi connectivity index (χ1v) is 2.64. The molecule has 0 rings (SSSR count). The third-order valence-corrected chi connectivity index (χ3v) is 1.11. The van der Waals surface area contributed by atoms with Gasteiger partial charge in [-0.2, -0.15) is 43.9 Å². The standard InChI is InChI=1S/C4F10.3FH.3H3N/c5-1(6,3(9,10)11)2(7,8)4(12,13)14;;;;;;/h;3*1H;3*1H3. The monoisotopic (exact) mass is 349 g/mol. The molecule has 0 atom stereocenters. The third-order valence-electron chi connectivity index (χ3n) is 1.11. The van der Waals surface area contributed by atoms with Crippen molar-refractivity contribution in [3.8, 4) is 0 Å². The molecule has 0 saturated carbocycles. The molecule has 3 nitrogen and oxygen atoms in total. The predicted octanol–water partition coefficient (Wildman–Crippen LogP) is 4.33. The fourth-order valence-electron chi connectivity index (χ4n) is 0.356. The maximum Gasteiger partial charge on any atom is 0.460 e. The molecule has 16 heteroatoms. The van der Waals surface area contributed by atoms with Gasteiger partial charge in [-0.3, -0.25) is 14.1 Å². The van der Waals surface area contributed by atoms with Crippen molar-refractivity contribution in [2.45, 2.75) is 24.2 Å². The van der Waals surface area contributed by atoms with Gasteiger partial charge >= 0.3 is 24.2 Å². The molecule has 0 aliphatic heterocycles. The van der Waals surface area contributed by atoms with E-state index in [0.717, 1.165) is 0 Å². The molecule has 0 aliphatic rings. The fourth-order valence-corrected chi connectivity index (χ4v) is 0.356. The summed E-state index contributed by atoms with van der Waals surface area (Å²) in [5.41, 5.74) is 0. The molecule has 0 fully saturated rings. The van der Waals surface area contributed by atoms with Gasteiger partial charge in [0.15, 0.2) is 0 Å². The number of hydrogen-bond donors (Lipinski definition) is 3. The van der Waals surface area contributed by atoms with Crippen LogP contribution in [-0.2, 0) is 0 Å². The summed E-state index contributed by atoms with van der Waals surface area (Å²) in [5, 5.41) is 0. The van der Waals surface area contributed by atoms with E-state index in [0.29, 0.717) is 0 Å². The second-order valence-electron chi connectivity index (χ2n) is 2.14. The van der Waals surface area contributed by atoms with Gasteiger partial charge in [0.2, 0.25) is 0 Å². The summed E-state index contributed by atoms with van der Waals surface area (Å²) >= 11 is 0. The van der Waals surface area contributed by atoms with Crippen LogP contribution in [0.5, 0.6) is 0 Å². The van der Waals surface area contributed by atoms with Gasteiger partial charge in [-0.1, -0.05) is 0 Å². The second kappa shape index (κ2) is 9.81. The molecule has 20 heavy (non-hydrogen) atoms. The Morgan fingerprint density at radius 2 is 0.450 bits per heavy atom. The maximum absolute atomic E-state index is 11.6. The largest absolute Gasteiger partial charge is 0.460 e. The average Bonchev–Trinajstić information content (AvgIpc) is 1.81. The zero-order valence-corrected chi connectivity index (χ0v) is 9.13. The Bertz CT molecular complexity index is 195. The van der Waals surface area contributed by atoms with Crippen molar-refractivity contribution in [3.63, 3.8) is 0 Å². The summed E-state index contributed by atoms with van der Waals surface area (Å²) in [7, 11) is 0. The molecule has 0 aromatic heterocycles. The summed E-state index contributed by atoms with van der Waals surface area (Å²) in [4.78, 5) is 0. The molecular formula is C4H12F13N3. The maximum atomic E-state index is 11.6. The van der Waals surface area contributed by atoms with Crippen LogP contribution in [0.2, 0.25) is 0 Å². The van der Waals surface area contributed by atoms with E-state index >= 15 is 0 Å². The highest BCUT2D eigenvalue weighted by atomic mass is 19.4. The van der Waals surface area contributed by atoms with Crippen molar-refractivity contribution in [1.29, 1.82) is 0 Å². The summed E-state index contributed by atoms with van der Waals surface area (Å²) in [5.74, 6) is -14.3. The first kappa shape index (κ1) is 42.8. The van der Waals surface area contributed by atoms with Gasteiger partial charge in [-0.05, 0) is 0 Å². The quantitative estimate of drug-likeness (QED) is 0.614. The molecule has 0 aromatic carbocycles. The van der Waals surface area contributed by atoms with Gasteiger partial charge in [0.1, 0.15) is 0 Å². The van der Waals surface area contributed by atoms with Crippen molar-refractivity contribution in [3.05, 3.63) is 0 Å². The Morgan fingerprint density at radius 3 is 0.500 bits per heavy atom. The number of halogens is 13. The lowest BCUT2D eigenvalue weighted by Gasteiger charge is -2.29. The van der Waals surface area contributed by atoms with E-state index in [1.165, 1.54) is 0 Å². The Kier molecular flexibility index (Phi) is 21.0. The molecule has 0 spiro atoms. The van der Waals surface area contributed by atoms with Gasteiger partial charge in [0.25, 0.3) is 0 Å². The number of hydrogen-bond acceptors (Lipinski definition) is 3. The molecular weight excluding hydrogens is 337 g/mol. The van der Waals surface area contributed by atoms with E-state index in [-0.39, 0.29) is 32.6 Å². The smallest absolute Gasteiger partial charge is 0.344 e. The highest BCUT2D eigenvalue weighted by molar-refractivity contribution is 4.95. The van der Waals surface area contributed by atoms with Crippen molar-refractivity contribution in [2.24, 2.45) is 0 Å². The van der Waals surface area contributed by atoms with Crippen LogP contribution < -0.4 is 18.5 Å². The van der Waals surface area contributed by atoms with Gasteiger partial charge in [0, 0.05) is 0 Å². The van der Waals surface area contributed by atoms with Crippen LogP contribution in [0, 0.1) is 0 Å². The van der Waals surface area contributed by atoms with Crippen LogP contribution in [-0.4, -0.2) is 24.2 Å². The Morgan fingerprint density at radius 1 is 0.350 bits per heavy atom. The van der Waals surface area contributed by atoms with Crippen molar-refractivity contribution in [2.75, 3.05) is 0 Å². The molecule has 0 amide bonds. The average molecular weight is 349 g/mol. The zero-order chi connectivity index (χ0) is 12.0. The first-order chi connectivity index (χ1) is 5.75. The van der Waals surface area contributed by atoms with E-state index < -0.39 is 24.2 Å². The van der Waals surface area contributed by atoms with Crippen LogP contribution in [0.4, 0.5) is 58.0 Å². The molecule has 0 saturated heterocycles. The number of alkyl halides is 10. The predicted molar refractivity (Wildman–Crippen MR) is 44.6 cm³/mol. The Labute approximate surface area is 102 Å². The molecule has 0 unspecified atom stereocenters. The summed E-state index contributed by atoms with van der Waals surface area (Å²) in [6.45, 7) is 0. The van der Waals surface area contributed by atoms with Gasteiger partial charge in [-0.15, -0.1) is 0 Å². The third kappa shape index (κ3) is 6.42. The molecule has 0 bridgehead atoms. The molecule has 0 aromatic rings. The zero-order valence-electron chi connectivity index (χ0n) is 9.13. The van der Waals surface area contributed by atoms with E-state index in [4.69, 9.17) is 0 Å². The Balaban J connectivity index is -0.0000000563. The lowest BCUT2D eigenvalue weighted by Crippen LogP contribution is -2.59. The van der Waals surface area contributed by atoms with E-state index in [2.05, 4.69) is 0 Å². The topological polar surface area (TPSA) is 105 Å². The summed E-state index contributed by atoms with van der Waals surface area (Å²) in [6.07, 6.45) is -13.9.